The number of hydrogen-bond acceptors (Lipinski definition) is 2. The Morgan fingerprint density at radius 2 is 2.26 bits per heavy atom. The third-order valence-electron chi connectivity index (χ3n) is 3.27. The summed E-state index contributed by atoms with van der Waals surface area (Å²) in [5.41, 5.74) is -0.0723. The maximum atomic E-state index is 13.6. The van der Waals surface area contributed by atoms with E-state index in [0.29, 0.717) is 0 Å². The molecule has 19 heavy (non-hydrogen) atoms. The zero-order valence-electron chi connectivity index (χ0n) is 10.6. The summed E-state index contributed by atoms with van der Waals surface area (Å²) in [7, 11) is 0. The molecule has 0 aromatic heterocycles. The fourth-order valence-electron chi connectivity index (χ4n) is 2.20. The Balaban J connectivity index is 0.00000180. The second kappa shape index (κ2) is 7.08. The Labute approximate surface area is 123 Å². The van der Waals surface area contributed by atoms with E-state index in [1.165, 1.54) is 18.2 Å². The van der Waals surface area contributed by atoms with E-state index < -0.39 is 11.7 Å². The number of carbonyl (C=O) groups excluding carboxylic acids is 1. The van der Waals surface area contributed by atoms with Gasteiger partial charge in [0.25, 0.3) is 5.91 Å². The minimum Gasteiger partial charge on any atom is -0.348 e. The van der Waals surface area contributed by atoms with Crippen molar-refractivity contribution in [3.8, 4) is 0 Å². The highest BCUT2D eigenvalue weighted by Crippen LogP contribution is 2.19. The number of benzene rings is 1. The summed E-state index contributed by atoms with van der Waals surface area (Å²) in [6.07, 6.45) is 1.90. The van der Waals surface area contributed by atoms with E-state index in [-0.39, 0.29) is 35.1 Å². The monoisotopic (exact) mass is 306 g/mol. The van der Waals surface area contributed by atoms with Crippen LogP contribution in [0, 0.1) is 5.82 Å². The molecule has 2 atom stereocenters. The van der Waals surface area contributed by atoms with Crippen LogP contribution in [0.15, 0.2) is 18.2 Å². The number of carbonyl (C=O) groups is 1. The lowest BCUT2D eigenvalue weighted by atomic mass is 9.99. The van der Waals surface area contributed by atoms with Crippen molar-refractivity contribution in [3.63, 3.8) is 0 Å². The summed E-state index contributed by atoms with van der Waals surface area (Å²) < 4.78 is 13.6. The summed E-state index contributed by atoms with van der Waals surface area (Å²) in [6, 6.07) is 4.44. The lowest BCUT2D eigenvalue weighted by Crippen LogP contribution is -2.52. The van der Waals surface area contributed by atoms with Gasteiger partial charge < -0.3 is 10.6 Å². The minimum absolute atomic E-state index is 0. The molecule has 0 radical (unpaired) electrons. The van der Waals surface area contributed by atoms with Gasteiger partial charge in [0.1, 0.15) is 5.82 Å². The first-order valence-electron chi connectivity index (χ1n) is 6.08. The van der Waals surface area contributed by atoms with Crippen LogP contribution in [0.2, 0.25) is 5.02 Å². The van der Waals surface area contributed by atoms with E-state index >= 15 is 0 Å². The Bertz CT molecular complexity index is 436. The lowest BCUT2D eigenvalue weighted by molar-refractivity contribution is 0.0916. The molecule has 106 valence electrons. The molecule has 1 saturated heterocycles. The highest BCUT2D eigenvalue weighted by molar-refractivity contribution is 6.33. The maximum Gasteiger partial charge on any atom is 0.256 e. The molecule has 0 aliphatic carbocycles. The number of nitrogens with one attached hydrogen (secondary N) is 2. The van der Waals surface area contributed by atoms with Gasteiger partial charge in [-0.05, 0) is 38.4 Å². The smallest absolute Gasteiger partial charge is 0.256 e. The van der Waals surface area contributed by atoms with E-state index in [4.69, 9.17) is 11.6 Å². The average Bonchev–Trinajstić information content (AvgIpc) is 2.32. The fraction of sp³-hybridized carbons (Fsp3) is 0.462. The largest absolute Gasteiger partial charge is 0.348 e. The molecule has 0 spiro atoms. The zero-order valence-corrected chi connectivity index (χ0v) is 12.2. The minimum atomic E-state index is -0.587. The van der Waals surface area contributed by atoms with Gasteiger partial charge in [0.2, 0.25) is 0 Å². The van der Waals surface area contributed by atoms with Gasteiger partial charge in [-0.2, -0.15) is 0 Å². The van der Waals surface area contributed by atoms with Crippen LogP contribution < -0.4 is 10.6 Å². The lowest BCUT2D eigenvalue weighted by Gasteiger charge is -2.30. The van der Waals surface area contributed by atoms with Crippen molar-refractivity contribution in [1.29, 1.82) is 0 Å². The third kappa shape index (κ3) is 3.81. The van der Waals surface area contributed by atoms with Crippen LogP contribution in [-0.2, 0) is 0 Å². The van der Waals surface area contributed by atoms with E-state index in [1.54, 1.807) is 0 Å². The summed E-state index contributed by atoms with van der Waals surface area (Å²) in [5, 5.41) is 6.26. The summed E-state index contributed by atoms with van der Waals surface area (Å²) >= 11 is 5.86. The molecule has 2 rings (SSSR count). The van der Waals surface area contributed by atoms with Crippen molar-refractivity contribution in [3.05, 3.63) is 34.6 Å². The SMILES string of the molecule is CC1NCCCC1NC(=O)c1c(F)cccc1Cl.Cl. The number of halogens is 3. The van der Waals surface area contributed by atoms with Crippen LogP contribution in [0.4, 0.5) is 4.39 Å². The second-order valence-corrected chi connectivity index (χ2v) is 4.97. The van der Waals surface area contributed by atoms with Crippen molar-refractivity contribution < 1.29 is 9.18 Å². The van der Waals surface area contributed by atoms with Crippen LogP contribution in [-0.4, -0.2) is 24.5 Å². The Morgan fingerprint density at radius 1 is 1.53 bits per heavy atom. The molecular formula is C13H17Cl2FN2O. The molecule has 2 unspecified atom stereocenters. The first kappa shape index (κ1) is 16.2. The normalized spacial score (nSPS) is 22.5. The van der Waals surface area contributed by atoms with Gasteiger partial charge in [0, 0.05) is 12.1 Å². The van der Waals surface area contributed by atoms with E-state index in [0.717, 1.165) is 19.4 Å². The quantitative estimate of drug-likeness (QED) is 0.882. The highest BCUT2D eigenvalue weighted by atomic mass is 35.5. The van der Waals surface area contributed by atoms with Gasteiger partial charge in [0.05, 0.1) is 10.6 Å². The van der Waals surface area contributed by atoms with Crippen LogP contribution in [0.1, 0.15) is 30.1 Å². The van der Waals surface area contributed by atoms with Crippen LogP contribution in [0.25, 0.3) is 0 Å². The molecular weight excluding hydrogens is 290 g/mol. The van der Waals surface area contributed by atoms with Crippen molar-refractivity contribution >= 4 is 29.9 Å². The number of hydrogen-bond donors (Lipinski definition) is 2. The molecule has 1 aliphatic rings. The zero-order chi connectivity index (χ0) is 13.1. The molecule has 1 amide bonds. The summed E-state index contributed by atoms with van der Waals surface area (Å²) in [5.74, 6) is -1.03. The van der Waals surface area contributed by atoms with Gasteiger partial charge in [-0.15, -0.1) is 12.4 Å². The predicted molar refractivity (Wildman–Crippen MR) is 76.6 cm³/mol. The van der Waals surface area contributed by atoms with E-state index in [9.17, 15) is 9.18 Å². The molecule has 1 fully saturated rings. The third-order valence-corrected chi connectivity index (χ3v) is 3.58. The first-order chi connectivity index (χ1) is 8.59. The molecule has 1 aromatic rings. The van der Waals surface area contributed by atoms with E-state index in [2.05, 4.69) is 10.6 Å². The molecule has 2 N–H and O–H groups in total. The van der Waals surface area contributed by atoms with Gasteiger partial charge in [0.15, 0.2) is 0 Å². The van der Waals surface area contributed by atoms with Gasteiger partial charge in [-0.1, -0.05) is 17.7 Å². The van der Waals surface area contributed by atoms with Crippen LogP contribution >= 0.6 is 24.0 Å². The van der Waals surface area contributed by atoms with Crippen molar-refractivity contribution in [2.24, 2.45) is 0 Å². The number of piperidine rings is 1. The molecule has 1 aromatic carbocycles. The van der Waals surface area contributed by atoms with Crippen molar-refractivity contribution in [2.45, 2.75) is 31.8 Å². The highest BCUT2D eigenvalue weighted by Gasteiger charge is 2.24. The molecule has 6 heteroatoms. The Morgan fingerprint density at radius 3 is 2.89 bits per heavy atom. The fourth-order valence-corrected chi connectivity index (χ4v) is 2.45. The standard InChI is InChI=1S/C13H16ClFN2O.ClH/c1-8-11(6-3-7-16-8)17-13(18)12-9(14)4-2-5-10(12)15;/h2,4-5,8,11,16H,3,6-7H2,1H3,(H,17,18);1H. The van der Waals surface area contributed by atoms with E-state index in [1.807, 2.05) is 6.92 Å². The maximum absolute atomic E-state index is 13.6. The van der Waals surface area contributed by atoms with Crippen LogP contribution in [0.5, 0.6) is 0 Å². The summed E-state index contributed by atoms with van der Waals surface area (Å²) in [4.78, 5) is 12.0. The molecule has 1 heterocycles. The molecule has 0 bridgehead atoms. The topological polar surface area (TPSA) is 41.1 Å². The average molecular weight is 307 g/mol. The molecule has 1 aliphatic heterocycles. The molecule has 3 nitrogen and oxygen atoms in total. The van der Waals surface area contributed by atoms with Gasteiger partial charge in [-0.3, -0.25) is 4.79 Å². The Kier molecular flexibility index (Phi) is 6.04. The predicted octanol–water partition coefficient (Wildman–Crippen LogP) is 2.77. The molecule has 0 saturated carbocycles. The van der Waals surface area contributed by atoms with Crippen molar-refractivity contribution in [1.82, 2.24) is 10.6 Å². The first-order valence-corrected chi connectivity index (χ1v) is 6.45. The van der Waals surface area contributed by atoms with Crippen molar-refractivity contribution in [2.75, 3.05) is 6.54 Å². The number of rotatable bonds is 2. The summed E-state index contributed by atoms with van der Waals surface area (Å²) in [6.45, 7) is 2.96. The van der Waals surface area contributed by atoms with Crippen LogP contribution in [0.3, 0.4) is 0 Å². The van der Waals surface area contributed by atoms with Gasteiger partial charge >= 0.3 is 0 Å². The Hall–Kier alpha value is -0.840. The number of amides is 1. The second-order valence-electron chi connectivity index (χ2n) is 4.56. The van der Waals surface area contributed by atoms with Gasteiger partial charge in [-0.25, -0.2) is 4.39 Å².